The number of nitrogens with zero attached hydrogens (tertiary/aromatic N) is 1. The van der Waals surface area contributed by atoms with Crippen LogP contribution >= 0.6 is 11.3 Å². The van der Waals surface area contributed by atoms with Crippen LogP contribution in [0.5, 0.6) is 0 Å². The lowest BCUT2D eigenvalue weighted by molar-refractivity contribution is 0.371. The molecule has 0 radical (unpaired) electrons. The van der Waals surface area contributed by atoms with E-state index in [1.807, 2.05) is 11.3 Å². The molecule has 0 amide bonds. The molecule has 1 aromatic rings. The lowest BCUT2D eigenvalue weighted by atomic mass is 9.93. The Hall–Kier alpha value is -0.410. The van der Waals surface area contributed by atoms with Crippen molar-refractivity contribution in [2.24, 2.45) is 5.92 Å². The second kappa shape index (κ2) is 5.30. The van der Waals surface area contributed by atoms with E-state index in [0.717, 1.165) is 6.04 Å². The summed E-state index contributed by atoms with van der Waals surface area (Å²) in [6, 6.07) is 1.19. The molecule has 1 aromatic heterocycles. The van der Waals surface area contributed by atoms with Crippen molar-refractivity contribution in [1.29, 1.82) is 0 Å². The molecular weight excluding hydrogens is 240 g/mol. The number of nitrogens with one attached hydrogen (secondary N) is 1. The fraction of sp³-hybridized carbons (Fsp3) is 0.800. The summed E-state index contributed by atoms with van der Waals surface area (Å²) in [5, 5.41) is 7.28. The third kappa shape index (κ3) is 3.33. The van der Waals surface area contributed by atoms with Crippen molar-refractivity contribution < 1.29 is 0 Å². The smallest absolute Gasteiger partial charge is 0.110 e. The number of thiazole rings is 1. The molecule has 18 heavy (non-hydrogen) atoms. The van der Waals surface area contributed by atoms with Gasteiger partial charge in [0.2, 0.25) is 0 Å². The highest BCUT2D eigenvalue weighted by molar-refractivity contribution is 7.09. The Labute approximate surface area is 115 Å². The molecule has 0 saturated heterocycles. The van der Waals surface area contributed by atoms with Gasteiger partial charge in [-0.2, -0.15) is 0 Å². The molecule has 2 rings (SSSR count). The van der Waals surface area contributed by atoms with E-state index < -0.39 is 0 Å². The SMILES string of the molecule is CCC(C)C(NC1CC1)c1nc(C(C)(C)C)cs1. The summed E-state index contributed by atoms with van der Waals surface area (Å²) >= 11 is 1.82. The average Bonchev–Trinajstić information content (AvgIpc) is 2.97. The molecule has 1 saturated carbocycles. The van der Waals surface area contributed by atoms with Gasteiger partial charge in [-0.25, -0.2) is 4.98 Å². The minimum Gasteiger partial charge on any atom is -0.305 e. The van der Waals surface area contributed by atoms with Crippen molar-refractivity contribution in [3.63, 3.8) is 0 Å². The van der Waals surface area contributed by atoms with Gasteiger partial charge >= 0.3 is 0 Å². The minimum atomic E-state index is 0.161. The summed E-state index contributed by atoms with van der Waals surface area (Å²) in [4.78, 5) is 4.89. The first-order valence-electron chi connectivity index (χ1n) is 7.13. The van der Waals surface area contributed by atoms with Crippen LogP contribution < -0.4 is 5.32 Å². The molecule has 2 nitrogen and oxygen atoms in total. The largest absolute Gasteiger partial charge is 0.305 e. The van der Waals surface area contributed by atoms with Gasteiger partial charge in [0.25, 0.3) is 0 Å². The summed E-state index contributed by atoms with van der Waals surface area (Å²) < 4.78 is 0. The van der Waals surface area contributed by atoms with Crippen molar-refractivity contribution in [2.75, 3.05) is 0 Å². The molecule has 1 N–H and O–H groups in total. The van der Waals surface area contributed by atoms with Gasteiger partial charge in [0.1, 0.15) is 5.01 Å². The number of rotatable bonds is 5. The normalized spacial score (nSPS) is 19.8. The Bertz CT molecular complexity index is 387. The van der Waals surface area contributed by atoms with Crippen LogP contribution in [0.1, 0.15) is 70.6 Å². The van der Waals surface area contributed by atoms with Crippen molar-refractivity contribution in [3.05, 3.63) is 16.1 Å². The standard InChI is InChI=1S/C15H26N2S/c1-6-10(2)13(16-11-7-8-11)14-17-12(9-18-14)15(3,4)5/h9-11,13,16H,6-8H2,1-5H3. The van der Waals surface area contributed by atoms with Crippen LogP contribution in [-0.4, -0.2) is 11.0 Å². The monoisotopic (exact) mass is 266 g/mol. The van der Waals surface area contributed by atoms with Crippen molar-refractivity contribution in [3.8, 4) is 0 Å². The summed E-state index contributed by atoms with van der Waals surface area (Å²) in [5.74, 6) is 0.657. The van der Waals surface area contributed by atoms with Crippen molar-refractivity contribution >= 4 is 11.3 Å². The molecule has 1 heterocycles. The van der Waals surface area contributed by atoms with E-state index in [2.05, 4.69) is 45.3 Å². The van der Waals surface area contributed by atoms with Crippen LogP contribution in [0.15, 0.2) is 5.38 Å². The molecule has 0 aliphatic heterocycles. The van der Waals surface area contributed by atoms with E-state index in [0.29, 0.717) is 12.0 Å². The Balaban J connectivity index is 2.16. The van der Waals surface area contributed by atoms with Crippen LogP contribution in [0.2, 0.25) is 0 Å². The topological polar surface area (TPSA) is 24.9 Å². The second-order valence-electron chi connectivity index (χ2n) is 6.63. The summed E-state index contributed by atoms with van der Waals surface area (Å²) in [5.41, 5.74) is 1.39. The summed E-state index contributed by atoms with van der Waals surface area (Å²) in [6.07, 6.45) is 3.88. The fourth-order valence-electron chi connectivity index (χ4n) is 1.99. The zero-order valence-electron chi connectivity index (χ0n) is 12.3. The lowest BCUT2D eigenvalue weighted by Crippen LogP contribution is -2.28. The lowest BCUT2D eigenvalue weighted by Gasteiger charge is -2.22. The Morgan fingerprint density at radius 1 is 1.44 bits per heavy atom. The van der Waals surface area contributed by atoms with Crippen molar-refractivity contribution in [2.45, 2.75) is 71.4 Å². The maximum Gasteiger partial charge on any atom is 0.110 e. The van der Waals surface area contributed by atoms with Gasteiger partial charge in [0.05, 0.1) is 11.7 Å². The molecule has 102 valence electrons. The number of aromatic nitrogens is 1. The predicted molar refractivity (Wildman–Crippen MR) is 79.2 cm³/mol. The molecular formula is C15H26N2S. The molecule has 1 aliphatic carbocycles. The van der Waals surface area contributed by atoms with E-state index in [1.165, 1.54) is 30.0 Å². The maximum absolute atomic E-state index is 4.89. The Kier molecular flexibility index (Phi) is 4.12. The van der Waals surface area contributed by atoms with E-state index in [-0.39, 0.29) is 5.41 Å². The molecule has 0 bridgehead atoms. The zero-order valence-corrected chi connectivity index (χ0v) is 13.1. The molecule has 2 unspecified atom stereocenters. The number of hydrogen-bond donors (Lipinski definition) is 1. The van der Waals surface area contributed by atoms with Crippen LogP contribution in [0.3, 0.4) is 0 Å². The fourth-order valence-corrected chi connectivity index (χ4v) is 3.23. The molecule has 0 aromatic carbocycles. The maximum atomic E-state index is 4.89. The minimum absolute atomic E-state index is 0.161. The zero-order chi connectivity index (χ0) is 13.3. The third-order valence-corrected chi connectivity index (χ3v) is 4.69. The Morgan fingerprint density at radius 2 is 2.11 bits per heavy atom. The highest BCUT2D eigenvalue weighted by atomic mass is 32.1. The van der Waals surface area contributed by atoms with E-state index in [4.69, 9.17) is 4.98 Å². The molecule has 2 atom stereocenters. The van der Waals surface area contributed by atoms with Gasteiger partial charge in [-0.15, -0.1) is 11.3 Å². The molecule has 0 spiro atoms. The highest BCUT2D eigenvalue weighted by Gasteiger charge is 2.30. The van der Waals surface area contributed by atoms with E-state index in [9.17, 15) is 0 Å². The summed E-state index contributed by atoms with van der Waals surface area (Å²) in [7, 11) is 0. The first-order valence-corrected chi connectivity index (χ1v) is 8.01. The van der Waals surface area contributed by atoms with Crippen LogP contribution in [0.25, 0.3) is 0 Å². The van der Waals surface area contributed by atoms with Gasteiger partial charge in [-0.3, -0.25) is 0 Å². The van der Waals surface area contributed by atoms with Gasteiger partial charge in [0.15, 0.2) is 0 Å². The van der Waals surface area contributed by atoms with Crippen molar-refractivity contribution in [1.82, 2.24) is 10.3 Å². The third-order valence-electron chi connectivity index (χ3n) is 3.76. The predicted octanol–water partition coefficient (Wildman–Crippen LogP) is 4.28. The number of hydrogen-bond acceptors (Lipinski definition) is 3. The van der Waals surface area contributed by atoms with Crippen LogP contribution in [0.4, 0.5) is 0 Å². The first-order chi connectivity index (χ1) is 8.41. The van der Waals surface area contributed by atoms with E-state index >= 15 is 0 Å². The Morgan fingerprint density at radius 3 is 2.56 bits per heavy atom. The second-order valence-corrected chi connectivity index (χ2v) is 7.51. The summed E-state index contributed by atoms with van der Waals surface area (Å²) in [6.45, 7) is 11.3. The van der Waals surface area contributed by atoms with Crippen LogP contribution in [-0.2, 0) is 5.41 Å². The average molecular weight is 266 g/mol. The van der Waals surface area contributed by atoms with Gasteiger partial charge in [0, 0.05) is 16.8 Å². The van der Waals surface area contributed by atoms with Gasteiger partial charge in [-0.1, -0.05) is 41.0 Å². The quantitative estimate of drug-likeness (QED) is 0.860. The van der Waals surface area contributed by atoms with Crippen LogP contribution in [0, 0.1) is 5.92 Å². The highest BCUT2D eigenvalue weighted by Crippen LogP contribution is 2.33. The first kappa shape index (κ1) is 14.0. The van der Waals surface area contributed by atoms with Gasteiger partial charge < -0.3 is 5.32 Å². The molecule has 1 aliphatic rings. The van der Waals surface area contributed by atoms with Gasteiger partial charge in [-0.05, 0) is 18.8 Å². The molecule has 3 heteroatoms. The molecule has 1 fully saturated rings. The van der Waals surface area contributed by atoms with E-state index in [1.54, 1.807) is 0 Å².